The van der Waals surface area contributed by atoms with Crippen molar-refractivity contribution in [1.82, 2.24) is 0 Å². The Hall–Kier alpha value is -2.11. The van der Waals surface area contributed by atoms with Gasteiger partial charge in [-0.2, -0.15) is 0 Å². The SMILES string of the molecule is CCCOc1c(OCC)cc(C(C)=O)cc1[N+](=O)[O-]. The van der Waals surface area contributed by atoms with Gasteiger partial charge >= 0.3 is 5.69 Å². The van der Waals surface area contributed by atoms with Crippen molar-refractivity contribution >= 4 is 11.5 Å². The molecule has 0 N–H and O–H groups in total. The molecule has 0 heterocycles. The zero-order valence-corrected chi connectivity index (χ0v) is 11.3. The molecule has 19 heavy (non-hydrogen) atoms. The van der Waals surface area contributed by atoms with Crippen LogP contribution in [-0.2, 0) is 0 Å². The van der Waals surface area contributed by atoms with E-state index in [2.05, 4.69) is 0 Å². The van der Waals surface area contributed by atoms with E-state index >= 15 is 0 Å². The van der Waals surface area contributed by atoms with Gasteiger partial charge in [0.25, 0.3) is 0 Å². The fourth-order valence-electron chi connectivity index (χ4n) is 1.54. The molecule has 1 aromatic carbocycles. The first-order valence-corrected chi connectivity index (χ1v) is 6.10. The van der Waals surface area contributed by atoms with Crippen molar-refractivity contribution in [3.05, 3.63) is 27.8 Å². The number of benzene rings is 1. The lowest BCUT2D eigenvalue weighted by atomic mass is 10.1. The van der Waals surface area contributed by atoms with Crippen LogP contribution < -0.4 is 9.47 Å². The third-order valence-electron chi connectivity index (χ3n) is 2.39. The second-order valence-corrected chi connectivity index (χ2v) is 3.92. The number of nitro benzene ring substituents is 1. The number of nitro groups is 1. The van der Waals surface area contributed by atoms with Crippen LogP contribution in [0.15, 0.2) is 12.1 Å². The molecule has 0 aromatic heterocycles. The first-order valence-electron chi connectivity index (χ1n) is 6.10. The fourth-order valence-corrected chi connectivity index (χ4v) is 1.54. The maximum atomic E-state index is 11.4. The van der Waals surface area contributed by atoms with Gasteiger partial charge in [-0.3, -0.25) is 14.9 Å². The maximum absolute atomic E-state index is 11.4. The van der Waals surface area contributed by atoms with E-state index in [1.54, 1.807) is 6.92 Å². The van der Waals surface area contributed by atoms with Crippen LogP contribution >= 0.6 is 0 Å². The van der Waals surface area contributed by atoms with Gasteiger partial charge in [-0.25, -0.2) is 0 Å². The van der Waals surface area contributed by atoms with E-state index in [1.165, 1.54) is 19.1 Å². The van der Waals surface area contributed by atoms with Gasteiger partial charge in [0.05, 0.1) is 18.1 Å². The smallest absolute Gasteiger partial charge is 0.315 e. The summed E-state index contributed by atoms with van der Waals surface area (Å²) in [7, 11) is 0. The van der Waals surface area contributed by atoms with E-state index in [1.807, 2.05) is 6.92 Å². The summed E-state index contributed by atoms with van der Waals surface area (Å²) in [6.07, 6.45) is 0.719. The Morgan fingerprint density at radius 2 is 2.00 bits per heavy atom. The fraction of sp³-hybridized carbons (Fsp3) is 0.462. The summed E-state index contributed by atoms with van der Waals surface area (Å²) >= 11 is 0. The summed E-state index contributed by atoms with van der Waals surface area (Å²) in [5, 5.41) is 11.1. The third kappa shape index (κ3) is 3.67. The Labute approximate surface area is 111 Å². The minimum Gasteiger partial charge on any atom is -0.490 e. The number of Topliss-reactive ketones (excluding diaryl/α,β-unsaturated/α-hetero) is 1. The molecule has 0 saturated carbocycles. The average molecular weight is 267 g/mol. The molecule has 0 atom stereocenters. The quantitative estimate of drug-likeness (QED) is 0.431. The highest BCUT2D eigenvalue weighted by atomic mass is 16.6. The third-order valence-corrected chi connectivity index (χ3v) is 2.39. The summed E-state index contributed by atoms with van der Waals surface area (Å²) in [6, 6.07) is 2.69. The van der Waals surface area contributed by atoms with Crippen LogP contribution in [0.1, 0.15) is 37.6 Å². The van der Waals surface area contributed by atoms with E-state index in [0.717, 1.165) is 6.42 Å². The number of rotatable bonds is 7. The predicted molar refractivity (Wildman–Crippen MR) is 70.1 cm³/mol. The van der Waals surface area contributed by atoms with Crippen molar-refractivity contribution in [3.63, 3.8) is 0 Å². The lowest BCUT2D eigenvalue weighted by Gasteiger charge is -2.12. The van der Waals surface area contributed by atoms with Crippen LogP contribution in [0.25, 0.3) is 0 Å². The second-order valence-electron chi connectivity index (χ2n) is 3.92. The molecule has 6 nitrogen and oxygen atoms in total. The number of carbonyl (C=O) groups excluding carboxylic acids is 1. The van der Waals surface area contributed by atoms with Gasteiger partial charge in [0.15, 0.2) is 11.5 Å². The van der Waals surface area contributed by atoms with E-state index in [-0.39, 0.29) is 28.5 Å². The van der Waals surface area contributed by atoms with Gasteiger partial charge in [0, 0.05) is 11.6 Å². The molecular weight excluding hydrogens is 250 g/mol. The Bertz CT molecular complexity index is 484. The molecule has 0 fully saturated rings. The summed E-state index contributed by atoms with van der Waals surface area (Å²) in [5.74, 6) is 0.0557. The normalized spacial score (nSPS) is 10.1. The van der Waals surface area contributed by atoms with Crippen molar-refractivity contribution in [2.45, 2.75) is 27.2 Å². The molecule has 0 radical (unpaired) electrons. The summed E-state index contributed by atoms with van der Waals surface area (Å²) in [5.41, 5.74) is -0.0106. The molecule has 1 rings (SSSR count). The molecule has 0 saturated heterocycles. The summed E-state index contributed by atoms with van der Waals surface area (Å²) < 4.78 is 10.7. The molecular formula is C13H17NO5. The van der Waals surface area contributed by atoms with Gasteiger partial charge in [0.1, 0.15) is 0 Å². The van der Waals surface area contributed by atoms with Crippen LogP contribution in [0.3, 0.4) is 0 Å². The molecule has 0 aliphatic carbocycles. The van der Waals surface area contributed by atoms with E-state index in [9.17, 15) is 14.9 Å². The highest BCUT2D eigenvalue weighted by molar-refractivity contribution is 5.95. The predicted octanol–water partition coefficient (Wildman–Crippen LogP) is 2.98. The lowest BCUT2D eigenvalue weighted by Crippen LogP contribution is -2.05. The molecule has 6 heteroatoms. The zero-order valence-electron chi connectivity index (χ0n) is 11.3. The summed E-state index contributed by atoms with van der Waals surface area (Å²) in [4.78, 5) is 21.9. The van der Waals surface area contributed by atoms with Crippen molar-refractivity contribution in [1.29, 1.82) is 0 Å². The summed E-state index contributed by atoms with van der Waals surface area (Å²) in [6.45, 7) is 5.69. The largest absolute Gasteiger partial charge is 0.490 e. The van der Waals surface area contributed by atoms with Crippen LogP contribution in [0.4, 0.5) is 5.69 Å². The first kappa shape index (κ1) is 14.9. The van der Waals surface area contributed by atoms with Gasteiger partial charge < -0.3 is 9.47 Å². The molecule has 0 bridgehead atoms. The average Bonchev–Trinajstić information content (AvgIpc) is 2.36. The molecule has 1 aromatic rings. The van der Waals surface area contributed by atoms with Crippen LogP contribution in [0.2, 0.25) is 0 Å². The molecule has 0 aliphatic heterocycles. The molecule has 0 unspecified atom stereocenters. The molecule has 0 spiro atoms. The van der Waals surface area contributed by atoms with Crippen molar-refractivity contribution in [2.24, 2.45) is 0 Å². The van der Waals surface area contributed by atoms with Crippen molar-refractivity contribution < 1.29 is 19.2 Å². The number of hydrogen-bond acceptors (Lipinski definition) is 5. The number of ether oxygens (including phenoxy) is 2. The first-order chi connectivity index (χ1) is 9.01. The maximum Gasteiger partial charge on any atom is 0.315 e. The highest BCUT2D eigenvalue weighted by Crippen LogP contribution is 2.38. The Morgan fingerprint density at radius 3 is 2.47 bits per heavy atom. The number of nitrogens with zero attached hydrogens (tertiary/aromatic N) is 1. The molecule has 0 aliphatic rings. The van der Waals surface area contributed by atoms with Gasteiger partial charge in [-0.1, -0.05) is 6.92 Å². The van der Waals surface area contributed by atoms with Crippen LogP contribution in [-0.4, -0.2) is 23.9 Å². The minimum atomic E-state index is -0.569. The minimum absolute atomic E-state index is 0.0821. The number of hydrogen-bond donors (Lipinski definition) is 0. The van der Waals surface area contributed by atoms with Gasteiger partial charge in [0.2, 0.25) is 5.75 Å². The van der Waals surface area contributed by atoms with Crippen molar-refractivity contribution in [3.8, 4) is 11.5 Å². The Morgan fingerprint density at radius 1 is 1.32 bits per heavy atom. The second kappa shape index (κ2) is 6.72. The van der Waals surface area contributed by atoms with Crippen molar-refractivity contribution in [2.75, 3.05) is 13.2 Å². The topological polar surface area (TPSA) is 78.7 Å². The van der Waals surface area contributed by atoms with E-state index in [0.29, 0.717) is 13.2 Å². The van der Waals surface area contributed by atoms with E-state index < -0.39 is 4.92 Å². The Balaban J connectivity index is 3.36. The standard InChI is InChI=1S/C13H17NO5/c1-4-6-19-13-11(14(16)17)7-10(9(3)15)8-12(13)18-5-2/h7-8H,4-6H2,1-3H3. The highest BCUT2D eigenvalue weighted by Gasteiger charge is 2.23. The number of carbonyl (C=O) groups is 1. The van der Waals surface area contributed by atoms with Gasteiger partial charge in [-0.05, 0) is 26.3 Å². The zero-order chi connectivity index (χ0) is 14.4. The van der Waals surface area contributed by atoms with Crippen LogP contribution in [0, 0.1) is 10.1 Å². The van der Waals surface area contributed by atoms with Gasteiger partial charge in [-0.15, -0.1) is 0 Å². The molecule has 0 amide bonds. The monoisotopic (exact) mass is 267 g/mol. The van der Waals surface area contributed by atoms with E-state index in [4.69, 9.17) is 9.47 Å². The molecule has 104 valence electrons. The van der Waals surface area contributed by atoms with Crippen LogP contribution in [0.5, 0.6) is 11.5 Å². The lowest BCUT2D eigenvalue weighted by molar-refractivity contribution is -0.386. The Kier molecular flexibility index (Phi) is 5.29. The number of ketones is 1.